The van der Waals surface area contributed by atoms with Gasteiger partial charge in [0.05, 0.1) is 12.5 Å². The van der Waals surface area contributed by atoms with E-state index in [0.29, 0.717) is 12.4 Å². The first kappa shape index (κ1) is 8.18. The van der Waals surface area contributed by atoms with Crippen molar-refractivity contribution in [2.24, 2.45) is 11.7 Å². The molecule has 1 amide bonds. The molecule has 6 nitrogen and oxygen atoms in total. The van der Waals surface area contributed by atoms with Crippen LogP contribution in [0.25, 0.3) is 0 Å². The molecule has 2 rings (SSSR count). The highest BCUT2D eigenvalue weighted by Crippen LogP contribution is 2.27. The van der Waals surface area contributed by atoms with Crippen LogP contribution in [0, 0.1) is 5.92 Å². The van der Waals surface area contributed by atoms with Crippen molar-refractivity contribution in [2.75, 3.05) is 0 Å². The Morgan fingerprint density at radius 1 is 1.85 bits per heavy atom. The van der Waals surface area contributed by atoms with Crippen LogP contribution in [0.15, 0.2) is 6.33 Å². The summed E-state index contributed by atoms with van der Waals surface area (Å²) < 4.78 is 0. The lowest BCUT2D eigenvalue weighted by atomic mass is 10.4. The molecule has 4 N–H and O–H groups in total. The molecule has 13 heavy (non-hydrogen) atoms. The molecule has 2 unspecified atom stereocenters. The van der Waals surface area contributed by atoms with E-state index in [1.54, 1.807) is 0 Å². The quantitative estimate of drug-likeness (QED) is 0.543. The number of nitrogens with two attached hydrogens (primary N) is 1. The van der Waals surface area contributed by atoms with E-state index in [2.05, 4.69) is 20.5 Å². The van der Waals surface area contributed by atoms with Crippen LogP contribution in [-0.4, -0.2) is 27.1 Å². The zero-order valence-electron chi connectivity index (χ0n) is 7.03. The number of aromatic nitrogens is 3. The van der Waals surface area contributed by atoms with Crippen molar-refractivity contribution in [1.29, 1.82) is 0 Å². The Kier molecular flexibility index (Phi) is 1.97. The van der Waals surface area contributed by atoms with Crippen molar-refractivity contribution in [3.8, 4) is 0 Å². The first-order valence-electron chi connectivity index (χ1n) is 4.15. The molecule has 1 aromatic rings. The van der Waals surface area contributed by atoms with Gasteiger partial charge in [-0.3, -0.25) is 9.89 Å². The Hall–Kier alpha value is -1.43. The molecule has 0 radical (unpaired) electrons. The number of carbonyl (C=O) groups excluding carboxylic acids is 1. The number of nitrogens with zero attached hydrogens (tertiary/aromatic N) is 2. The second-order valence-electron chi connectivity index (χ2n) is 3.16. The number of aromatic amines is 1. The van der Waals surface area contributed by atoms with Gasteiger partial charge in [-0.2, -0.15) is 5.10 Å². The molecule has 0 aromatic carbocycles. The summed E-state index contributed by atoms with van der Waals surface area (Å²) in [5, 5.41) is 9.04. The predicted octanol–water partition coefficient (Wildman–Crippen LogP) is -1.23. The summed E-state index contributed by atoms with van der Waals surface area (Å²) in [6, 6.07) is 0.0507. The number of nitrogens with one attached hydrogen (secondary N) is 2. The van der Waals surface area contributed by atoms with Gasteiger partial charge in [-0.25, -0.2) is 4.98 Å². The molecule has 2 atom stereocenters. The summed E-state index contributed by atoms with van der Waals surface area (Å²) in [7, 11) is 0. The Labute approximate surface area is 74.9 Å². The number of H-pyrrole nitrogens is 1. The molecule has 0 saturated heterocycles. The van der Waals surface area contributed by atoms with E-state index in [1.807, 2.05) is 0 Å². The summed E-state index contributed by atoms with van der Waals surface area (Å²) in [6.45, 7) is 0.391. The lowest BCUT2D eigenvalue weighted by molar-refractivity contribution is -0.122. The van der Waals surface area contributed by atoms with Gasteiger partial charge in [0.2, 0.25) is 5.91 Å². The van der Waals surface area contributed by atoms with E-state index >= 15 is 0 Å². The smallest absolute Gasteiger partial charge is 0.225 e. The number of amides is 1. The average molecular weight is 181 g/mol. The van der Waals surface area contributed by atoms with E-state index in [0.717, 1.165) is 6.42 Å². The van der Waals surface area contributed by atoms with Crippen LogP contribution in [0.2, 0.25) is 0 Å². The van der Waals surface area contributed by atoms with E-state index in [9.17, 15) is 4.79 Å². The highest BCUT2D eigenvalue weighted by molar-refractivity contribution is 5.82. The molecule has 1 fully saturated rings. The molecule has 0 spiro atoms. The minimum Gasteiger partial charge on any atom is -0.349 e. The van der Waals surface area contributed by atoms with Gasteiger partial charge in [0.15, 0.2) is 0 Å². The number of hydrogen-bond acceptors (Lipinski definition) is 4. The fourth-order valence-corrected chi connectivity index (χ4v) is 1.13. The molecule has 1 saturated carbocycles. The Morgan fingerprint density at radius 2 is 2.62 bits per heavy atom. The van der Waals surface area contributed by atoms with E-state index in [4.69, 9.17) is 5.73 Å². The van der Waals surface area contributed by atoms with Gasteiger partial charge in [0.1, 0.15) is 12.2 Å². The van der Waals surface area contributed by atoms with Crippen LogP contribution in [0.5, 0.6) is 0 Å². The molecule has 1 heterocycles. The highest BCUT2D eigenvalue weighted by Gasteiger charge is 2.39. The van der Waals surface area contributed by atoms with Gasteiger partial charge < -0.3 is 11.1 Å². The summed E-state index contributed by atoms with van der Waals surface area (Å²) in [4.78, 5) is 15.1. The summed E-state index contributed by atoms with van der Waals surface area (Å²) >= 11 is 0. The summed E-state index contributed by atoms with van der Waals surface area (Å²) in [5.74, 6) is 0.661. The SMILES string of the molecule is NC1CC1C(=O)NCc1ncn[nH]1. The first-order chi connectivity index (χ1) is 6.27. The Balaban J connectivity index is 1.77. The lowest BCUT2D eigenvalue weighted by Crippen LogP contribution is -2.27. The maximum atomic E-state index is 11.3. The normalized spacial score (nSPS) is 25.6. The summed E-state index contributed by atoms with van der Waals surface area (Å²) in [6.07, 6.45) is 2.20. The molecule has 6 heteroatoms. The fourth-order valence-electron chi connectivity index (χ4n) is 1.13. The topological polar surface area (TPSA) is 96.7 Å². The molecule has 1 aliphatic carbocycles. The van der Waals surface area contributed by atoms with E-state index in [1.165, 1.54) is 6.33 Å². The Bertz CT molecular complexity index is 296. The van der Waals surface area contributed by atoms with Gasteiger partial charge in [-0.15, -0.1) is 0 Å². The standard InChI is InChI=1S/C7H11N5O/c8-5-1-4(5)7(13)9-2-6-10-3-11-12-6/h3-5H,1-2,8H2,(H,9,13)(H,10,11,12). The van der Waals surface area contributed by atoms with Crippen LogP contribution in [-0.2, 0) is 11.3 Å². The third kappa shape index (κ3) is 1.83. The van der Waals surface area contributed by atoms with Gasteiger partial charge in [-0.05, 0) is 6.42 Å². The zero-order chi connectivity index (χ0) is 9.26. The third-order valence-corrected chi connectivity index (χ3v) is 2.07. The van der Waals surface area contributed by atoms with Crippen LogP contribution in [0.3, 0.4) is 0 Å². The molecule has 70 valence electrons. The molecule has 0 bridgehead atoms. The maximum Gasteiger partial charge on any atom is 0.225 e. The monoisotopic (exact) mass is 181 g/mol. The van der Waals surface area contributed by atoms with Gasteiger partial charge in [0.25, 0.3) is 0 Å². The van der Waals surface area contributed by atoms with Gasteiger partial charge in [0, 0.05) is 6.04 Å². The number of rotatable bonds is 3. The van der Waals surface area contributed by atoms with Crippen molar-refractivity contribution >= 4 is 5.91 Å². The van der Waals surface area contributed by atoms with Crippen molar-refractivity contribution in [1.82, 2.24) is 20.5 Å². The van der Waals surface area contributed by atoms with Crippen molar-refractivity contribution in [3.05, 3.63) is 12.2 Å². The first-order valence-corrected chi connectivity index (χ1v) is 4.15. The Morgan fingerprint density at radius 3 is 3.15 bits per heavy atom. The largest absolute Gasteiger partial charge is 0.349 e. The summed E-state index contributed by atoms with van der Waals surface area (Å²) in [5.41, 5.74) is 5.52. The van der Waals surface area contributed by atoms with Crippen molar-refractivity contribution in [2.45, 2.75) is 19.0 Å². The maximum absolute atomic E-state index is 11.3. The van der Waals surface area contributed by atoms with E-state index < -0.39 is 0 Å². The molecule has 1 aromatic heterocycles. The number of carbonyl (C=O) groups is 1. The van der Waals surface area contributed by atoms with Crippen LogP contribution in [0.4, 0.5) is 0 Å². The molecule has 0 aliphatic heterocycles. The van der Waals surface area contributed by atoms with E-state index in [-0.39, 0.29) is 17.9 Å². The van der Waals surface area contributed by atoms with Crippen LogP contribution >= 0.6 is 0 Å². The predicted molar refractivity (Wildman–Crippen MR) is 44.3 cm³/mol. The number of hydrogen-bond donors (Lipinski definition) is 3. The van der Waals surface area contributed by atoms with Crippen molar-refractivity contribution in [3.63, 3.8) is 0 Å². The third-order valence-electron chi connectivity index (χ3n) is 2.07. The molecular formula is C7H11N5O. The fraction of sp³-hybridized carbons (Fsp3) is 0.571. The second kappa shape index (κ2) is 3.14. The average Bonchev–Trinajstić information content (AvgIpc) is 2.68. The molecular weight excluding hydrogens is 170 g/mol. The second-order valence-corrected chi connectivity index (χ2v) is 3.16. The highest BCUT2D eigenvalue weighted by atomic mass is 16.2. The zero-order valence-corrected chi connectivity index (χ0v) is 7.03. The molecule has 1 aliphatic rings. The lowest BCUT2D eigenvalue weighted by Gasteiger charge is -2.00. The van der Waals surface area contributed by atoms with Gasteiger partial charge >= 0.3 is 0 Å². The van der Waals surface area contributed by atoms with Crippen molar-refractivity contribution < 1.29 is 4.79 Å². The minimum absolute atomic E-state index is 0.00271. The van der Waals surface area contributed by atoms with Gasteiger partial charge in [-0.1, -0.05) is 0 Å². The van der Waals surface area contributed by atoms with Crippen LogP contribution in [0.1, 0.15) is 12.2 Å². The van der Waals surface area contributed by atoms with Crippen LogP contribution < -0.4 is 11.1 Å². The minimum atomic E-state index is 0.00271.